The summed E-state index contributed by atoms with van der Waals surface area (Å²) in [6.45, 7) is 11.4. The van der Waals surface area contributed by atoms with E-state index in [0.29, 0.717) is 0 Å². The maximum atomic E-state index is 5.89. The molecule has 0 bridgehead atoms. The van der Waals surface area contributed by atoms with E-state index in [-0.39, 0.29) is 17.0 Å². The molecular formula is C31H29N3O2. The molecule has 3 aromatic heterocycles. The van der Waals surface area contributed by atoms with Crippen molar-refractivity contribution in [1.29, 1.82) is 0 Å². The van der Waals surface area contributed by atoms with Crippen molar-refractivity contribution in [3.05, 3.63) is 91.5 Å². The molecule has 5 aromatic rings. The lowest BCUT2D eigenvalue weighted by molar-refractivity contribution is 0.120. The van der Waals surface area contributed by atoms with Gasteiger partial charge in [0.05, 0.1) is 18.2 Å². The standard InChI is InChI=1S/C31H29N3O2/c1-5-30(4)29-33(22-10-11-26-20(17-22)12-15-35-26)28-24(9-8-14-32-28)34(29)25-18-21-13-16-36-27(21)19-23(25)31(30,6-2)7-3/h6,8-19,29H,2,5,7H2,1,3-4H3. The van der Waals surface area contributed by atoms with Crippen molar-refractivity contribution in [3.8, 4) is 0 Å². The quantitative estimate of drug-likeness (QED) is 0.244. The molecule has 5 nitrogen and oxygen atoms in total. The Hall–Kier alpha value is -3.99. The Morgan fingerprint density at radius 1 is 0.917 bits per heavy atom. The van der Waals surface area contributed by atoms with Crippen molar-refractivity contribution in [1.82, 2.24) is 4.98 Å². The number of pyridine rings is 1. The first-order valence-corrected chi connectivity index (χ1v) is 12.7. The van der Waals surface area contributed by atoms with E-state index in [9.17, 15) is 0 Å². The van der Waals surface area contributed by atoms with Crippen LogP contribution in [0.4, 0.5) is 22.9 Å². The third-order valence-corrected chi connectivity index (χ3v) is 9.00. The zero-order chi connectivity index (χ0) is 24.7. The average molecular weight is 476 g/mol. The van der Waals surface area contributed by atoms with E-state index >= 15 is 0 Å². The number of allylic oxidation sites excluding steroid dienone is 1. The molecule has 0 N–H and O–H groups in total. The highest BCUT2D eigenvalue weighted by atomic mass is 16.3. The molecule has 3 atom stereocenters. The Bertz CT molecular complexity index is 1650. The lowest BCUT2D eigenvalue weighted by atomic mass is 9.54. The van der Waals surface area contributed by atoms with Gasteiger partial charge in [-0.3, -0.25) is 0 Å². The van der Waals surface area contributed by atoms with Gasteiger partial charge in [0.2, 0.25) is 0 Å². The van der Waals surface area contributed by atoms with Gasteiger partial charge in [0.1, 0.15) is 17.3 Å². The average Bonchev–Trinajstić information content (AvgIpc) is 3.65. The first-order chi connectivity index (χ1) is 17.6. The first kappa shape index (κ1) is 21.3. The second-order valence-corrected chi connectivity index (χ2v) is 10.2. The summed E-state index contributed by atoms with van der Waals surface area (Å²) in [6, 6.07) is 19.3. The van der Waals surface area contributed by atoms with Crippen molar-refractivity contribution in [2.24, 2.45) is 5.41 Å². The van der Waals surface area contributed by atoms with Gasteiger partial charge in [0.25, 0.3) is 0 Å². The lowest BCUT2D eigenvalue weighted by Crippen LogP contribution is -2.62. The van der Waals surface area contributed by atoms with E-state index in [1.807, 2.05) is 24.4 Å². The molecule has 2 aromatic carbocycles. The fourth-order valence-corrected chi connectivity index (χ4v) is 7.00. The molecule has 0 saturated carbocycles. The molecule has 5 heterocycles. The van der Waals surface area contributed by atoms with Crippen molar-refractivity contribution in [3.63, 3.8) is 0 Å². The van der Waals surface area contributed by atoms with Gasteiger partial charge in [-0.2, -0.15) is 0 Å². The number of hydrogen-bond acceptors (Lipinski definition) is 5. The number of rotatable bonds is 4. The Morgan fingerprint density at radius 2 is 1.69 bits per heavy atom. The minimum Gasteiger partial charge on any atom is -0.464 e. The van der Waals surface area contributed by atoms with Crippen LogP contribution in [0.2, 0.25) is 0 Å². The largest absolute Gasteiger partial charge is 0.464 e. The molecule has 0 amide bonds. The van der Waals surface area contributed by atoms with Crippen molar-refractivity contribution in [2.75, 3.05) is 9.80 Å². The van der Waals surface area contributed by atoms with Gasteiger partial charge in [-0.05, 0) is 73.0 Å². The SMILES string of the molecule is C=CC1(CC)c2cc3occc3cc2N2c3cccnc3N(c3ccc4occc4c3)C2C1(C)CC. The van der Waals surface area contributed by atoms with Crippen LogP contribution in [0.15, 0.2) is 94.8 Å². The summed E-state index contributed by atoms with van der Waals surface area (Å²) in [6.07, 6.45) is 9.51. The highest BCUT2D eigenvalue weighted by molar-refractivity contribution is 5.94. The van der Waals surface area contributed by atoms with Crippen LogP contribution in [0.1, 0.15) is 39.2 Å². The smallest absolute Gasteiger partial charge is 0.158 e. The van der Waals surface area contributed by atoms with Crippen molar-refractivity contribution < 1.29 is 8.83 Å². The fraction of sp³-hybridized carbons (Fsp3) is 0.258. The number of furan rings is 2. The zero-order valence-electron chi connectivity index (χ0n) is 20.9. The van der Waals surface area contributed by atoms with Crippen LogP contribution in [0.5, 0.6) is 0 Å². The van der Waals surface area contributed by atoms with E-state index in [0.717, 1.165) is 52.0 Å². The van der Waals surface area contributed by atoms with Crippen LogP contribution in [0.25, 0.3) is 21.9 Å². The summed E-state index contributed by atoms with van der Waals surface area (Å²) in [5, 5.41) is 2.19. The second kappa shape index (κ2) is 7.26. The number of benzene rings is 2. The number of hydrogen-bond donors (Lipinski definition) is 0. The summed E-state index contributed by atoms with van der Waals surface area (Å²) in [5.74, 6) is 0.972. The van der Waals surface area contributed by atoms with Crippen LogP contribution in [-0.2, 0) is 5.41 Å². The minimum absolute atomic E-state index is 0.00607. The molecule has 180 valence electrons. The monoisotopic (exact) mass is 475 g/mol. The van der Waals surface area contributed by atoms with E-state index in [1.165, 1.54) is 11.3 Å². The molecule has 0 saturated heterocycles. The molecule has 0 radical (unpaired) electrons. The molecule has 2 aliphatic heterocycles. The fourth-order valence-electron chi connectivity index (χ4n) is 7.00. The molecule has 36 heavy (non-hydrogen) atoms. The van der Waals surface area contributed by atoms with E-state index < -0.39 is 0 Å². The van der Waals surface area contributed by atoms with Crippen LogP contribution in [-0.4, -0.2) is 11.1 Å². The van der Waals surface area contributed by atoms with Gasteiger partial charge in [-0.1, -0.05) is 26.8 Å². The normalized spacial score (nSPS) is 24.7. The molecule has 0 aliphatic carbocycles. The van der Waals surface area contributed by atoms with Crippen LogP contribution in [0.3, 0.4) is 0 Å². The maximum Gasteiger partial charge on any atom is 0.158 e. The molecule has 7 rings (SSSR count). The highest BCUT2D eigenvalue weighted by Gasteiger charge is 2.61. The summed E-state index contributed by atoms with van der Waals surface area (Å²) in [4.78, 5) is 9.89. The molecule has 0 spiro atoms. The van der Waals surface area contributed by atoms with Crippen molar-refractivity contribution >= 4 is 44.8 Å². The van der Waals surface area contributed by atoms with Crippen LogP contribution >= 0.6 is 0 Å². The summed E-state index contributed by atoms with van der Waals surface area (Å²) < 4.78 is 11.5. The van der Waals surface area contributed by atoms with Gasteiger partial charge in [-0.25, -0.2) is 4.98 Å². The van der Waals surface area contributed by atoms with Crippen LogP contribution < -0.4 is 9.80 Å². The predicted octanol–water partition coefficient (Wildman–Crippen LogP) is 8.45. The highest BCUT2D eigenvalue weighted by Crippen LogP contribution is 2.65. The number of aromatic nitrogens is 1. The first-order valence-electron chi connectivity index (χ1n) is 12.7. The zero-order valence-corrected chi connectivity index (χ0v) is 20.9. The van der Waals surface area contributed by atoms with Gasteiger partial charge < -0.3 is 18.6 Å². The topological polar surface area (TPSA) is 45.7 Å². The molecule has 5 heteroatoms. The van der Waals surface area contributed by atoms with Gasteiger partial charge in [0, 0.05) is 39.2 Å². The Balaban J connectivity index is 1.58. The second-order valence-electron chi connectivity index (χ2n) is 10.2. The Kier molecular flexibility index (Phi) is 4.30. The van der Waals surface area contributed by atoms with E-state index in [1.54, 1.807) is 12.5 Å². The minimum atomic E-state index is -0.265. The van der Waals surface area contributed by atoms with Crippen LogP contribution in [0, 0.1) is 5.41 Å². The number of anilines is 4. The third kappa shape index (κ3) is 2.43. The van der Waals surface area contributed by atoms with E-state index in [4.69, 9.17) is 13.8 Å². The van der Waals surface area contributed by atoms with Gasteiger partial charge >= 0.3 is 0 Å². The maximum absolute atomic E-state index is 5.89. The third-order valence-electron chi connectivity index (χ3n) is 9.00. The molecule has 2 aliphatic rings. The van der Waals surface area contributed by atoms with Gasteiger partial charge in [0.15, 0.2) is 5.82 Å². The molecular weight excluding hydrogens is 446 g/mol. The summed E-state index contributed by atoms with van der Waals surface area (Å²) in [7, 11) is 0. The summed E-state index contributed by atoms with van der Waals surface area (Å²) >= 11 is 0. The Labute approximate surface area is 210 Å². The predicted molar refractivity (Wildman–Crippen MR) is 145 cm³/mol. The van der Waals surface area contributed by atoms with Crippen molar-refractivity contribution in [2.45, 2.75) is 45.2 Å². The number of nitrogens with zero attached hydrogens (tertiary/aromatic N) is 3. The summed E-state index contributed by atoms with van der Waals surface area (Å²) in [5.41, 5.74) is 6.04. The molecule has 3 unspecified atom stereocenters. The lowest BCUT2D eigenvalue weighted by Gasteiger charge is -2.59. The number of fused-ring (bicyclic) bond motifs is 7. The molecule has 0 fully saturated rings. The Morgan fingerprint density at radius 3 is 2.44 bits per heavy atom. The van der Waals surface area contributed by atoms with Gasteiger partial charge in [-0.15, -0.1) is 6.58 Å². The van der Waals surface area contributed by atoms with E-state index in [2.05, 4.69) is 79.6 Å².